The third-order valence-corrected chi connectivity index (χ3v) is 7.60. The first-order valence-electron chi connectivity index (χ1n) is 11.5. The lowest BCUT2D eigenvalue weighted by atomic mass is 9.68. The molecule has 29 heavy (non-hydrogen) atoms. The summed E-state index contributed by atoms with van der Waals surface area (Å²) in [6.45, 7) is 1.92. The quantitative estimate of drug-likeness (QED) is 0.840. The van der Waals surface area contributed by atoms with E-state index in [9.17, 15) is 0 Å². The van der Waals surface area contributed by atoms with Crippen LogP contribution in [0.25, 0.3) is 0 Å². The molecule has 2 aromatic rings. The van der Waals surface area contributed by atoms with Gasteiger partial charge in [0.25, 0.3) is 0 Å². The third kappa shape index (κ3) is 3.87. The first kappa shape index (κ1) is 19.3. The van der Waals surface area contributed by atoms with Crippen molar-refractivity contribution in [3.8, 4) is 0 Å². The second-order valence-corrected chi connectivity index (χ2v) is 9.58. The van der Waals surface area contributed by atoms with Gasteiger partial charge in [-0.2, -0.15) is 5.10 Å². The molecular formula is C24H34N4O. The highest BCUT2D eigenvalue weighted by Crippen LogP contribution is 2.49. The van der Waals surface area contributed by atoms with Gasteiger partial charge in [-0.15, -0.1) is 0 Å². The van der Waals surface area contributed by atoms with Gasteiger partial charge in [0.15, 0.2) is 0 Å². The molecule has 1 aliphatic heterocycles. The van der Waals surface area contributed by atoms with Crippen molar-refractivity contribution in [1.82, 2.24) is 20.1 Å². The number of hydrogen-bond donors (Lipinski definition) is 1. The van der Waals surface area contributed by atoms with E-state index in [1.807, 2.05) is 24.0 Å². The summed E-state index contributed by atoms with van der Waals surface area (Å²) in [5.74, 6) is 0. The largest absolute Gasteiger partial charge is 0.375 e. The molecule has 3 heterocycles. The first-order chi connectivity index (χ1) is 14.2. The van der Waals surface area contributed by atoms with Crippen molar-refractivity contribution >= 4 is 0 Å². The molecule has 2 fully saturated rings. The van der Waals surface area contributed by atoms with Gasteiger partial charge in [-0.1, -0.05) is 18.9 Å². The van der Waals surface area contributed by atoms with E-state index in [0.29, 0.717) is 6.04 Å². The summed E-state index contributed by atoms with van der Waals surface area (Å²) in [6, 6.07) is 7.00. The molecule has 2 aliphatic carbocycles. The SMILES string of the molecule is Cn1cc2c(n1)CCC(NCC[C@@]1(c3ccccn3)CCOC3(CCCC3)C1)C2. The number of aryl methyl sites for hydroxylation is 2. The topological polar surface area (TPSA) is 52.0 Å². The summed E-state index contributed by atoms with van der Waals surface area (Å²) >= 11 is 0. The molecule has 3 aliphatic rings. The van der Waals surface area contributed by atoms with Gasteiger partial charge in [-0.3, -0.25) is 9.67 Å². The van der Waals surface area contributed by atoms with Crippen LogP contribution in [0.2, 0.25) is 0 Å². The molecule has 0 radical (unpaired) electrons. The monoisotopic (exact) mass is 394 g/mol. The van der Waals surface area contributed by atoms with Crippen LogP contribution in [0.5, 0.6) is 0 Å². The van der Waals surface area contributed by atoms with Gasteiger partial charge >= 0.3 is 0 Å². The summed E-state index contributed by atoms with van der Waals surface area (Å²) in [4.78, 5) is 4.83. The van der Waals surface area contributed by atoms with E-state index in [-0.39, 0.29) is 11.0 Å². The van der Waals surface area contributed by atoms with Gasteiger partial charge in [-0.25, -0.2) is 0 Å². The van der Waals surface area contributed by atoms with E-state index >= 15 is 0 Å². The van der Waals surface area contributed by atoms with Crippen molar-refractivity contribution in [2.45, 2.75) is 81.3 Å². The number of nitrogens with one attached hydrogen (secondary N) is 1. The summed E-state index contributed by atoms with van der Waals surface area (Å²) in [6.07, 6.45) is 16.0. The van der Waals surface area contributed by atoms with Crippen molar-refractivity contribution in [2.24, 2.45) is 7.05 Å². The molecule has 5 rings (SSSR count). The highest BCUT2D eigenvalue weighted by Gasteiger charge is 2.48. The summed E-state index contributed by atoms with van der Waals surface area (Å²) in [5, 5.41) is 8.48. The predicted molar refractivity (Wildman–Crippen MR) is 114 cm³/mol. The number of aromatic nitrogens is 3. The molecule has 156 valence electrons. The second-order valence-electron chi connectivity index (χ2n) is 9.58. The third-order valence-electron chi connectivity index (χ3n) is 7.60. The Labute approximate surface area is 174 Å². The van der Waals surface area contributed by atoms with Gasteiger partial charge < -0.3 is 10.1 Å². The van der Waals surface area contributed by atoms with Crippen molar-refractivity contribution in [1.29, 1.82) is 0 Å². The lowest BCUT2D eigenvalue weighted by Gasteiger charge is -2.46. The molecule has 5 heteroatoms. The molecular weight excluding hydrogens is 360 g/mol. The molecule has 2 atom stereocenters. The van der Waals surface area contributed by atoms with Gasteiger partial charge in [0.2, 0.25) is 0 Å². The fourth-order valence-corrected chi connectivity index (χ4v) is 6.13. The Kier molecular flexibility index (Phi) is 5.21. The normalized spacial score (nSPS) is 28.5. The number of fused-ring (bicyclic) bond motifs is 1. The minimum atomic E-state index is 0.102. The predicted octanol–water partition coefficient (Wildman–Crippen LogP) is 3.71. The zero-order valence-corrected chi connectivity index (χ0v) is 17.7. The maximum atomic E-state index is 6.38. The van der Waals surface area contributed by atoms with E-state index in [1.54, 1.807) is 0 Å². The molecule has 1 saturated heterocycles. The van der Waals surface area contributed by atoms with E-state index in [4.69, 9.17) is 9.72 Å². The summed E-state index contributed by atoms with van der Waals surface area (Å²) in [7, 11) is 2.03. The maximum Gasteiger partial charge on any atom is 0.0691 e. The van der Waals surface area contributed by atoms with Crippen LogP contribution in [0.15, 0.2) is 30.6 Å². The highest BCUT2D eigenvalue weighted by atomic mass is 16.5. The molecule has 1 N–H and O–H groups in total. The van der Waals surface area contributed by atoms with E-state index in [2.05, 4.69) is 28.7 Å². The average Bonchev–Trinajstić information content (AvgIpc) is 3.34. The van der Waals surface area contributed by atoms with Crippen molar-refractivity contribution in [3.05, 3.63) is 47.5 Å². The van der Waals surface area contributed by atoms with Crippen LogP contribution in [-0.4, -0.2) is 39.6 Å². The summed E-state index contributed by atoms with van der Waals surface area (Å²) in [5.41, 5.74) is 4.24. The molecule has 1 unspecified atom stereocenters. The second kappa shape index (κ2) is 7.84. The Morgan fingerprint density at radius 1 is 1.24 bits per heavy atom. The van der Waals surface area contributed by atoms with Crippen LogP contribution in [0.4, 0.5) is 0 Å². The van der Waals surface area contributed by atoms with Gasteiger partial charge in [0.1, 0.15) is 0 Å². The number of nitrogens with zero attached hydrogens (tertiary/aromatic N) is 3. The van der Waals surface area contributed by atoms with Crippen LogP contribution in [0, 0.1) is 0 Å². The van der Waals surface area contributed by atoms with Crippen LogP contribution >= 0.6 is 0 Å². The lowest BCUT2D eigenvalue weighted by molar-refractivity contribution is -0.104. The molecule has 0 aromatic carbocycles. The molecule has 1 saturated carbocycles. The van der Waals surface area contributed by atoms with E-state index in [0.717, 1.165) is 45.3 Å². The first-order valence-corrected chi connectivity index (χ1v) is 11.5. The molecule has 5 nitrogen and oxygen atoms in total. The molecule has 0 bridgehead atoms. The Bertz CT molecular complexity index is 827. The number of hydrogen-bond acceptors (Lipinski definition) is 4. The van der Waals surface area contributed by atoms with Gasteiger partial charge in [0, 0.05) is 43.2 Å². The lowest BCUT2D eigenvalue weighted by Crippen LogP contribution is -2.48. The van der Waals surface area contributed by atoms with Crippen LogP contribution in [-0.2, 0) is 30.0 Å². The minimum Gasteiger partial charge on any atom is -0.375 e. The van der Waals surface area contributed by atoms with Gasteiger partial charge in [0.05, 0.1) is 11.3 Å². The zero-order chi connectivity index (χ0) is 19.7. The van der Waals surface area contributed by atoms with Crippen LogP contribution < -0.4 is 5.32 Å². The van der Waals surface area contributed by atoms with Crippen molar-refractivity contribution in [3.63, 3.8) is 0 Å². The smallest absolute Gasteiger partial charge is 0.0691 e. The fourth-order valence-electron chi connectivity index (χ4n) is 6.13. The molecule has 1 spiro atoms. The zero-order valence-electron chi connectivity index (χ0n) is 17.7. The Morgan fingerprint density at radius 2 is 2.14 bits per heavy atom. The highest BCUT2D eigenvalue weighted by molar-refractivity contribution is 5.23. The van der Waals surface area contributed by atoms with E-state index < -0.39 is 0 Å². The number of pyridine rings is 1. The van der Waals surface area contributed by atoms with Crippen LogP contribution in [0.3, 0.4) is 0 Å². The van der Waals surface area contributed by atoms with E-state index in [1.165, 1.54) is 49.1 Å². The minimum absolute atomic E-state index is 0.102. The fraction of sp³-hybridized carbons (Fsp3) is 0.667. The average molecular weight is 395 g/mol. The Hall–Kier alpha value is -1.72. The van der Waals surface area contributed by atoms with Crippen molar-refractivity contribution in [2.75, 3.05) is 13.2 Å². The number of rotatable bonds is 5. The number of ether oxygens (including phenoxy) is 1. The Balaban J connectivity index is 1.28. The van der Waals surface area contributed by atoms with Crippen molar-refractivity contribution < 1.29 is 4.74 Å². The maximum absolute atomic E-state index is 6.38. The van der Waals surface area contributed by atoms with Gasteiger partial charge in [-0.05, 0) is 75.6 Å². The Morgan fingerprint density at radius 3 is 2.97 bits per heavy atom. The standard InChI is InChI=1S/C24H34N4O/c1-28-17-19-16-20(7-8-21(19)27-28)25-14-11-23(22-6-2-5-13-26-22)12-15-29-24(18-23)9-3-4-10-24/h2,5-6,13,17,20,25H,3-4,7-12,14-16,18H2,1H3/t20?,23-/m1/s1. The molecule has 0 amide bonds. The van der Waals surface area contributed by atoms with Crippen LogP contribution in [0.1, 0.15) is 68.3 Å². The summed E-state index contributed by atoms with van der Waals surface area (Å²) < 4.78 is 8.35. The molecule has 2 aromatic heterocycles.